The van der Waals surface area contributed by atoms with Crippen molar-refractivity contribution in [3.05, 3.63) is 88.5 Å². The summed E-state index contributed by atoms with van der Waals surface area (Å²) in [5.41, 5.74) is 11.1. The second-order valence-electron chi connectivity index (χ2n) is 10.8. The lowest BCUT2D eigenvalue weighted by atomic mass is 9.75. The van der Waals surface area contributed by atoms with Gasteiger partial charge in [-0.25, -0.2) is 4.39 Å². The third-order valence-corrected chi connectivity index (χ3v) is 8.72. The molecule has 0 saturated carbocycles. The highest BCUT2D eigenvalue weighted by Crippen LogP contribution is 2.49. The molecule has 2 aromatic rings. The minimum Gasteiger partial charge on any atom is -0.365 e. The molecule has 37 heavy (non-hydrogen) atoms. The summed E-state index contributed by atoms with van der Waals surface area (Å²) < 4.78 is 14.7. The van der Waals surface area contributed by atoms with Crippen molar-refractivity contribution in [2.24, 2.45) is 11.7 Å². The van der Waals surface area contributed by atoms with Gasteiger partial charge in [0.1, 0.15) is 11.7 Å². The van der Waals surface area contributed by atoms with Crippen molar-refractivity contribution in [1.29, 1.82) is 5.41 Å². The van der Waals surface area contributed by atoms with Crippen LogP contribution in [0.25, 0.3) is 0 Å². The number of amidine groups is 1. The monoisotopic (exact) mass is 521 g/mol. The first-order chi connectivity index (χ1) is 17.9. The molecule has 196 valence electrons. The highest BCUT2D eigenvalue weighted by Gasteiger charge is 2.48. The highest BCUT2D eigenvalue weighted by atomic mass is 35.5. The summed E-state index contributed by atoms with van der Waals surface area (Å²) in [7, 11) is 0. The molecule has 5 rings (SSSR count). The first-order valence-corrected chi connectivity index (χ1v) is 13.7. The second kappa shape index (κ2) is 10.6. The molecule has 3 atom stereocenters. The molecule has 0 bridgehead atoms. The van der Waals surface area contributed by atoms with Gasteiger partial charge in [-0.3, -0.25) is 10.3 Å². The number of anilines is 1. The van der Waals surface area contributed by atoms with Crippen molar-refractivity contribution < 1.29 is 4.39 Å². The Bertz CT molecular complexity index is 1210. The van der Waals surface area contributed by atoms with Crippen LogP contribution in [0.3, 0.4) is 0 Å². The van der Waals surface area contributed by atoms with Crippen molar-refractivity contribution in [2.45, 2.75) is 50.5 Å². The summed E-state index contributed by atoms with van der Waals surface area (Å²) in [5, 5.41) is 13.3. The second-order valence-corrected chi connectivity index (χ2v) is 11.2. The van der Waals surface area contributed by atoms with Crippen LogP contribution in [0.15, 0.2) is 66.5 Å². The molecule has 1 saturated heterocycles. The normalized spacial score (nSPS) is 24.4. The molecule has 0 radical (unpaired) electrons. The molecule has 7 heteroatoms. The van der Waals surface area contributed by atoms with Gasteiger partial charge >= 0.3 is 0 Å². The van der Waals surface area contributed by atoms with Crippen LogP contribution >= 0.6 is 11.6 Å². The van der Waals surface area contributed by atoms with Gasteiger partial charge in [-0.1, -0.05) is 37.2 Å². The molecule has 2 aliphatic heterocycles. The molecule has 0 amide bonds. The van der Waals surface area contributed by atoms with Gasteiger partial charge in [-0.15, -0.1) is 0 Å². The Labute approximate surface area is 224 Å². The van der Waals surface area contributed by atoms with E-state index in [4.69, 9.17) is 17.3 Å². The van der Waals surface area contributed by atoms with E-state index in [2.05, 4.69) is 40.8 Å². The number of likely N-dealkylation sites (tertiary alicyclic amines) is 1. The van der Waals surface area contributed by atoms with E-state index in [-0.39, 0.29) is 23.2 Å². The Morgan fingerprint density at radius 2 is 2.08 bits per heavy atom. The quantitative estimate of drug-likeness (QED) is 0.303. The van der Waals surface area contributed by atoms with E-state index >= 15 is 0 Å². The van der Waals surface area contributed by atoms with Crippen LogP contribution in [-0.2, 0) is 5.41 Å². The van der Waals surface area contributed by atoms with Gasteiger partial charge in [0, 0.05) is 46.5 Å². The van der Waals surface area contributed by atoms with Gasteiger partial charge in [0.05, 0.1) is 0 Å². The predicted octanol–water partition coefficient (Wildman–Crippen LogP) is 6.12. The standard InChI is InChI=1S/C30H37ClFN5/c1-3-35-25-11-5-20(2)28(25)29(34)37-19-30(24-17-23(32)10-12-27(24)37)14-4-16-36(18-30)26(13-15-33)21-6-8-22(31)9-7-21/h3,6-10,12,17,20,26,34-35H,1,4-5,11,13-16,18-19,33H2,2H3/t20-,26-,30-/m1/s1. The Balaban J connectivity index is 1.50. The summed E-state index contributed by atoms with van der Waals surface area (Å²) >= 11 is 6.18. The first-order valence-electron chi connectivity index (χ1n) is 13.3. The van der Waals surface area contributed by atoms with Gasteiger partial charge in [-0.2, -0.15) is 0 Å². The number of nitrogens with one attached hydrogen (secondary N) is 2. The van der Waals surface area contributed by atoms with Crippen molar-refractivity contribution >= 4 is 23.1 Å². The Morgan fingerprint density at radius 3 is 2.81 bits per heavy atom. The number of nitrogens with two attached hydrogens (primary N) is 1. The summed E-state index contributed by atoms with van der Waals surface area (Å²) in [6.45, 7) is 9.04. The summed E-state index contributed by atoms with van der Waals surface area (Å²) in [6.07, 6.45) is 6.44. The third kappa shape index (κ3) is 4.83. The zero-order chi connectivity index (χ0) is 26.2. The molecule has 1 spiro atoms. The van der Waals surface area contributed by atoms with E-state index in [0.29, 0.717) is 18.9 Å². The SMILES string of the molecule is C=CNC1=C(C(=N)N2C[C@]3(CCCN([C@H](CCN)c4ccc(Cl)cc4)C3)c3cc(F)ccc32)[C@H](C)CC1. The van der Waals surface area contributed by atoms with Gasteiger partial charge < -0.3 is 16.0 Å². The molecule has 2 heterocycles. The molecular formula is C30H37ClFN5. The summed E-state index contributed by atoms with van der Waals surface area (Å²) in [4.78, 5) is 4.64. The smallest absolute Gasteiger partial charge is 0.130 e. The van der Waals surface area contributed by atoms with Crippen molar-refractivity contribution in [2.75, 3.05) is 31.1 Å². The fraction of sp³-hybridized carbons (Fsp3) is 0.433. The first kappa shape index (κ1) is 26.0. The van der Waals surface area contributed by atoms with Crippen LogP contribution in [0.5, 0.6) is 0 Å². The lowest BCUT2D eigenvalue weighted by Crippen LogP contribution is -2.50. The van der Waals surface area contributed by atoms with E-state index < -0.39 is 0 Å². The molecular weight excluding hydrogens is 485 g/mol. The predicted molar refractivity (Wildman–Crippen MR) is 151 cm³/mol. The Hall–Kier alpha value is -2.67. The van der Waals surface area contributed by atoms with Gasteiger partial charge in [-0.05, 0) is 98.8 Å². The van der Waals surface area contributed by atoms with Crippen molar-refractivity contribution in [3.63, 3.8) is 0 Å². The molecule has 3 aliphatic rings. The number of fused-ring (bicyclic) bond motifs is 2. The van der Waals surface area contributed by atoms with Crippen molar-refractivity contribution in [3.8, 4) is 0 Å². The van der Waals surface area contributed by atoms with Crippen LogP contribution in [0.4, 0.5) is 10.1 Å². The molecule has 0 aromatic heterocycles. The number of piperidine rings is 1. The third-order valence-electron chi connectivity index (χ3n) is 8.47. The average Bonchev–Trinajstić information content (AvgIpc) is 3.40. The van der Waals surface area contributed by atoms with Crippen LogP contribution in [0, 0.1) is 17.1 Å². The number of hydrogen-bond donors (Lipinski definition) is 3. The number of allylic oxidation sites excluding steroid dienone is 1. The number of benzene rings is 2. The zero-order valence-electron chi connectivity index (χ0n) is 21.6. The van der Waals surface area contributed by atoms with E-state index in [9.17, 15) is 9.80 Å². The van der Waals surface area contributed by atoms with Gasteiger partial charge in [0.25, 0.3) is 0 Å². The fourth-order valence-electron chi connectivity index (χ4n) is 6.76. The molecule has 0 unspecified atom stereocenters. The van der Waals surface area contributed by atoms with Gasteiger partial charge in [0.2, 0.25) is 0 Å². The van der Waals surface area contributed by atoms with Crippen LogP contribution < -0.4 is 16.0 Å². The maximum atomic E-state index is 14.7. The number of rotatable bonds is 7. The summed E-state index contributed by atoms with van der Waals surface area (Å²) in [5.74, 6) is 0.590. The lowest BCUT2D eigenvalue weighted by molar-refractivity contribution is 0.104. The molecule has 4 N–H and O–H groups in total. The number of nitrogens with zero attached hydrogens (tertiary/aromatic N) is 2. The maximum absolute atomic E-state index is 14.7. The number of halogens is 2. The Kier molecular flexibility index (Phi) is 7.44. The number of hydrogen-bond acceptors (Lipinski definition) is 4. The molecule has 1 aliphatic carbocycles. The summed E-state index contributed by atoms with van der Waals surface area (Å²) in [6, 6.07) is 13.3. The molecule has 2 aromatic carbocycles. The lowest BCUT2D eigenvalue weighted by Gasteiger charge is -2.44. The minimum absolute atomic E-state index is 0.172. The van der Waals surface area contributed by atoms with E-state index in [0.717, 1.165) is 72.7 Å². The fourth-order valence-corrected chi connectivity index (χ4v) is 6.88. The van der Waals surface area contributed by atoms with Gasteiger partial charge in [0.15, 0.2) is 0 Å². The zero-order valence-corrected chi connectivity index (χ0v) is 22.3. The van der Waals surface area contributed by atoms with E-state index in [1.165, 1.54) is 11.6 Å². The van der Waals surface area contributed by atoms with Crippen LogP contribution in [-0.4, -0.2) is 36.9 Å². The maximum Gasteiger partial charge on any atom is 0.130 e. The van der Waals surface area contributed by atoms with Crippen LogP contribution in [0.1, 0.15) is 56.2 Å². The molecule has 1 fully saturated rings. The molecule has 5 nitrogen and oxygen atoms in total. The Morgan fingerprint density at radius 1 is 1.30 bits per heavy atom. The van der Waals surface area contributed by atoms with E-state index in [1.54, 1.807) is 12.3 Å². The highest BCUT2D eigenvalue weighted by molar-refractivity contribution is 6.30. The van der Waals surface area contributed by atoms with Crippen LogP contribution in [0.2, 0.25) is 5.02 Å². The van der Waals surface area contributed by atoms with Crippen molar-refractivity contribution in [1.82, 2.24) is 10.2 Å². The minimum atomic E-state index is -0.254. The largest absolute Gasteiger partial charge is 0.365 e. The van der Waals surface area contributed by atoms with E-state index in [1.807, 2.05) is 18.2 Å². The topological polar surface area (TPSA) is 68.4 Å². The average molecular weight is 522 g/mol.